The third-order valence-corrected chi connectivity index (χ3v) is 11.1. The Kier molecular flexibility index (Phi) is 4.90. The molecule has 2 heterocycles. The third-order valence-electron chi connectivity index (χ3n) is 7.73. The molecule has 0 saturated heterocycles. The molecule has 2 aromatic carbocycles. The van der Waals surface area contributed by atoms with E-state index in [1.165, 1.54) is 40.2 Å². The van der Waals surface area contributed by atoms with Crippen LogP contribution in [0.3, 0.4) is 0 Å². The summed E-state index contributed by atoms with van der Waals surface area (Å²) in [5.41, 5.74) is 8.87. The van der Waals surface area contributed by atoms with Crippen molar-refractivity contribution >= 4 is 33.3 Å². The fraction of sp³-hybridized carbons (Fsp3) is 0.310. The van der Waals surface area contributed by atoms with Crippen LogP contribution in [-0.2, 0) is 0 Å². The number of rotatable bonds is 4. The average Bonchev–Trinajstić information content (AvgIpc) is 3.55. The first kappa shape index (κ1) is 21.2. The SMILES string of the molecule is COc1ccc(C2=CC3=C4CCCC4=C4C=C(c5ccc(OC)cc5)SC4(C)C3(C)S2)cc1. The van der Waals surface area contributed by atoms with Gasteiger partial charge in [0.2, 0.25) is 0 Å². The van der Waals surface area contributed by atoms with Gasteiger partial charge in [0.15, 0.2) is 0 Å². The number of ether oxygens (including phenoxy) is 2. The highest BCUT2D eigenvalue weighted by atomic mass is 32.2. The smallest absolute Gasteiger partial charge is 0.118 e. The molecule has 0 radical (unpaired) electrons. The van der Waals surface area contributed by atoms with Crippen molar-refractivity contribution < 1.29 is 9.47 Å². The van der Waals surface area contributed by atoms with Crippen LogP contribution in [-0.4, -0.2) is 23.7 Å². The van der Waals surface area contributed by atoms with E-state index in [1.54, 1.807) is 36.5 Å². The molecule has 1 saturated carbocycles. The summed E-state index contributed by atoms with van der Waals surface area (Å²) >= 11 is 4.09. The molecule has 0 spiro atoms. The predicted octanol–water partition coefficient (Wildman–Crippen LogP) is 7.89. The fourth-order valence-corrected chi connectivity index (χ4v) is 8.92. The lowest BCUT2D eigenvalue weighted by atomic mass is 9.72. The van der Waals surface area contributed by atoms with Crippen molar-refractivity contribution in [1.82, 2.24) is 0 Å². The normalized spacial score (nSPS) is 27.8. The highest BCUT2D eigenvalue weighted by Gasteiger charge is 2.59. The van der Waals surface area contributed by atoms with Gasteiger partial charge in [-0.15, -0.1) is 23.5 Å². The van der Waals surface area contributed by atoms with E-state index in [1.807, 2.05) is 23.5 Å². The van der Waals surface area contributed by atoms with Gasteiger partial charge in [0.05, 0.1) is 23.7 Å². The molecule has 1 fully saturated rings. The molecule has 2 aromatic rings. The summed E-state index contributed by atoms with van der Waals surface area (Å²) in [4.78, 5) is 2.74. The first-order valence-electron chi connectivity index (χ1n) is 11.5. The molecule has 2 aliphatic carbocycles. The van der Waals surface area contributed by atoms with E-state index >= 15 is 0 Å². The molecule has 33 heavy (non-hydrogen) atoms. The molecule has 2 atom stereocenters. The standard InChI is InChI=1S/C29H28O2S2/c1-28-24(16-26(32-28)18-8-12-20(30-3)13-9-18)22-6-5-7-23(22)25-17-27(33-29(25,28)2)19-10-14-21(31-4)15-11-19/h8-17H,5-7H2,1-4H3. The Labute approximate surface area is 204 Å². The summed E-state index contributed by atoms with van der Waals surface area (Å²) < 4.78 is 10.8. The van der Waals surface area contributed by atoms with Crippen LogP contribution in [0.1, 0.15) is 44.2 Å². The number of allylic oxidation sites excluding steroid dienone is 4. The third kappa shape index (κ3) is 3.03. The molecular weight excluding hydrogens is 444 g/mol. The quantitative estimate of drug-likeness (QED) is 0.450. The highest BCUT2D eigenvalue weighted by Crippen LogP contribution is 2.70. The summed E-state index contributed by atoms with van der Waals surface area (Å²) in [6.45, 7) is 4.94. The van der Waals surface area contributed by atoms with Crippen LogP contribution < -0.4 is 9.47 Å². The van der Waals surface area contributed by atoms with Crippen molar-refractivity contribution in [2.75, 3.05) is 14.2 Å². The van der Waals surface area contributed by atoms with Gasteiger partial charge in [0.1, 0.15) is 11.5 Å². The predicted molar refractivity (Wildman–Crippen MR) is 142 cm³/mol. The van der Waals surface area contributed by atoms with Crippen LogP contribution in [0.2, 0.25) is 0 Å². The number of methoxy groups -OCH3 is 2. The number of fused-ring (bicyclic) bond motifs is 4. The molecule has 4 heteroatoms. The number of thioether (sulfide) groups is 2. The highest BCUT2D eigenvalue weighted by molar-refractivity contribution is 8.14. The minimum atomic E-state index is -0.00381. The summed E-state index contributed by atoms with van der Waals surface area (Å²) in [7, 11) is 3.45. The zero-order valence-electron chi connectivity index (χ0n) is 19.5. The lowest BCUT2D eigenvalue weighted by Gasteiger charge is -2.47. The van der Waals surface area contributed by atoms with Gasteiger partial charge < -0.3 is 9.47 Å². The lowest BCUT2D eigenvalue weighted by molar-refractivity contribution is 0.414. The van der Waals surface area contributed by atoms with E-state index in [-0.39, 0.29) is 9.49 Å². The van der Waals surface area contributed by atoms with Gasteiger partial charge in [0.25, 0.3) is 0 Å². The van der Waals surface area contributed by atoms with Gasteiger partial charge in [0, 0.05) is 9.81 Å². The van der Waals surface area contributed by atoms with Gasteiger partial charge in [-0.1, -0.05) is 24.3 Å². The maximum atomic E-state index is 5.38. The molecule has 2 unspecified atom stereocenters. The topological polar surface area (TPSA) is 18.5 Å². The molecule has 4 aliphatic rings. The van der Waals surface area contributed by atoms with Crippen LogP contribution >= 0.6 is 23.5 Å². The van der Waals surface area contributed by atoms with Crippen LogP contribution in [0.15, 0.2) is 83.0 Å². The zero-order chi connectivity index (χ0) is 22.8. The van der Waals surface area contributed by atoms with E-state index < -0.39 is 0 Å². The fourth-order valence-electron chi connectivity index (χ4n) is 5.74. The van der Waals surface area contributed by atoms with E-state index in [0.717, 1.165) is 11.5 Å². The van der Waals surface area contributed by atoms with Crippen molar-refractivity contribution in [3.63, 3.8) is 0 Å². The van der Waals surface area contributed by atoms with Gasteiger partial charge in [-0.2, -0.15) is 0 Å². The summed E-state index contributed by atoms with van der Waals surface area (Å²) in [5.74, 6) is 1.81. The molecule has 0 amide bonds. The van der Waals surface area contributed by atoms with Crippen LogP contribution in [0, 0.1) is 0 Å². The number of hydrogen-bond donors (Lipinski definition) is 0. The average molecular weight is 473 g/mol. The van der Waals surface area contributed by atoms with Gasteiger partial charge >= 0.3 is 0 Å². The number of hydrogen-bond acceptors (Lipinski definition) is 4. The van der Waals surface area contributed by atoms with Gasteiger partial charge in [-0.25, -0.2) is 0 Å². The molecule has 6 rings (SSSR count). The Morgan fingerprint density at radius 2 is 1.03 bits per heavy atom. The summed E-state index contributed by atoms with van der Waals surface area (Å²) in [6, 6.07) is 17.0. The Morgan fingerprint density at radius 1 is 0.636 bits per heavy atom. The summed E-state index contributed by atoms with van der Waals surface area (Å²) in [6.07, 6.45) is 8.63. The van der Waals surface area contributed by atoms with Crippen molar-refractivity contribution in [3.8, 4) is 11.5 Å². The monoisotopic (exact) mass is 472 g/mol. The molecule has 2 nitrogen and oxygen atoms in total. The lowest BCUT2D eigenvalue weighted by Crippen LogP contribution is -2.47. The first-order chi connectivity index (χ1) is 16.0. The molecule has 0 N–H and O–H groups in total. The van der Waals surface area contributed by atoms with Gasteiger partial charge in [-0.3, -0.25) is 0 Å². The Morgan fingerprint density at radius 3 is 1.39 bits per heavy atom. The molecular formula is C29H28O2S2. The minimum Gasteiger partial charge on any atom is -0.497 e. The van der Waals surface area contributed by atoms with E-state index in [2.05, 4.69) is 74.5 Å². The second-order valence-electron chi connectivity index (χ2n) is 9.38. The second-order valence-corrected chi connectivity index (χ2v) is 12.3. The van der Waals surface area contributed by atoms with Crippen LogP contribution in [0.5, 0.6) is 11.5 Å². The van der Waals surface area contributed by atoms with E-state index in [0.29, 0.717) is 0 Å². The zero-order valence-corrected chi connectivity index (χ0v) is 21.2. The second kappa shape index (κ2) is 7.61. The van der Waals surface area contributed by atoms with Crippen molar-refractivity contribution in [2.45, 2.75) is 42.6 Å². The van der Waals surface area contributed by atoms with Crippen molar-refractivity contribution in [2.24, 2.45) is 0 Å². The van der Waals surface area contributed by atoms with Crippen LogP contribution in [0.4, 0.5) is 0 Å². The summed E-state index contributed by atoms with van der Waals surface area (Å²) in [5, 5.41) is 0. The van der Waals surface area contributed by atoms with E-state index in [4.69, 9.17) is 9.47 Å². The molecule has 168 valence electrons. The Bertz CT molecular complexity index is 1160. The molecule has 0 aromatic heterocycles. The molecule has 2 aliphatic heterocycles. The van der Waals surface area contributed by atoms with Crippen molar-refractivity contribution in [1.29, 1.82) is 0 Å². The number of benzene rings is 2. The Balaban J connectivity index is 1.44. The first-order valence-corrected chi connectivity index (χ1v) is 13.2. The van der Waals surface area contributed by atoms with Gasteiger partial charge in [-0.05, 0) is 103 Å². The van der Waals surface area contributed by atoms with Crippen LogP contribution in [0.25, 0.3) is 9.81 Å². The van der Waals surface area contributed by atoms with Crippen molar-refractivity contribution in [3.05, 3.63) is 94.1 Å². The van der Waals surface area contributed by atoms with E-state index in [9.17, 15) is 0 Å². The largest absolute Gasteiger partial charge is 0.497 e. The minimum absolute atomic E-state index is 0.00381. The molecule has 0 bridgehead atoms. The maximum absolute atomic E-state index is 5.38. The maximum Gasteiger partial charge on any atom is 0.118 e. The Hall–Kier alpha value is -2.30.